The van der Waals surface area contributed by atoms with Crippen molar-refractivity contribution in [1.82, 2.24) is 4.90 Å². The maximum Gasteiger partial charge on any atom is 0.255 e. The molecule has 1 aromatic rings. The van der Waals surface area contributed by atoms with E-state index in [1.165, 1.54) is 6.42 Å². The van der Waals surface area contributed by atoms with E-state index in [1.54, 1.807) is 11.3 Å². The Hall–Kier alpha value is -0.830. The summed E-state index contributed by atoms with van der Waals surface area (Å²) in [5, 5.41) is 3.91. The Morgan fingerprint density at radius 3 is 2.60 bits per heavy atom. The molecule has 2 nitrogen and oxygen atoms in total. The molecule has 1 aliphatic heterocycles. The molecule has 1 fully saturated rings. The molecular weight excluding hydrogens is 206 g/mol. The Kier molecular flexibility index (Phi) is 3.10. The first-order valence-electron chi connectivity index (χ1n) is 5.55. The third-order valence-electron chi connectivity index (χ3n) is 3.20. The van der Waals surface area contributed by atoms with Crippen LogP contribution in [0.25, 0.3) is 0 Å². The highest BCUT2D eigenvalue weighted by atomic mass is 32.1. The normalized spacial score (nSPS) is 26.7. The van der Waals surface area contributed by atoms with Crippen molar-refractivity contribution in [2.24, 2.45) is 0 Å². The summed E-state index contributed by atoms with van der Waals surface area (Å²) in [5.41, 5.74) is 0.848. The number of thiophene rings is 1. The molecule has 0 spiro atoms. The first kappa shape index (κ1) is 10.7. The van der Waals surface area contributed by atoms with Crippen molar-refractivity contribution in [1.29, 1.82) is 0 Å². The molecule has 0 aliphatic carbocycles. The summed E-state index contributed by atoms with van der Waals surface area (Å²) < 4.78 is 0. The van der Waals surface area contributed by atoms with Crippen LogP contribution in [0.4, 0.5) is 0 Å². The van der Waals surface area contributed by atoms with E-state index in [0.717, 1.165) is 18.4 Å². The molecule has 0 aromatic carbocycles. The number of likely N-dealkylation sites (tertiary alicyclic amines) is 1. The molecule has 1 aliphatic rings. The van der Waals surface area contributed by atoms with Crippen molar-refractivity contribution in [2.45, 2.75) is 45.2 Å². The van der Waals surface area contributed by atoms with Gasteiger partial charge in [-0.05, 0) is 44.6 Å². The predicted octanol–water partition coefficient (Wildman–Crippen LogP) is 3.15. The third kappa shape index (κ3) is 2.07. The number of rotatable bonds is 1. The predicted molar refractivity (Wildman–Crippen MR) is 63.3 cm³/mol. The zero-order valence-corrected chi connectivity index (χ0v) is 10.1. The lowest BCUT2D eigenvalue weighted by Gasteiger charge is -2.38. The second kappa shape index (κ2) is 4.35. The molecule has 2 atom stereocenters. The lowest BCUT2D eigenvalue weighted by molar-refractivity contribution is 0.0511. The zero-order valence-electron chi connectivity index (χ0n) is 9.27. The van der Waals surface area contributed by atoms with E-state index < -0.39 is 0 Å². The van der Waals surface area contributed by atoms with Crippen LogP contribution in [0, 0.1) is 0 Å². The molecule has 82 valence electrons. The highest BCUT2D eigenvalue weighted by molar-refractivity contribution is 7.08. The third-order valence-corrected chi connectivity index (χ3v) is 3.88. The number of hydrogen-bond acceptors (Lipinski definition) is 2. The van der Waals surface area contributed by atoms with Crippen LogP contribution in [0.5, 0.6) is 0 Å². The molecule has 2 rings (SSSR count). The van der Waals surface area contributed by atoms with E-state index in [2.05, 4.69) is 13.8 Å². The van der Waals surface area contributed by atoms with Gasteiger partial charge in [-0.3, -0.25) is 4.79 Å². The number of hydrogen-bond donors (Lipinski definition) is 0. The van der Waals surface area contributed by atoms with Gasteiger partial charge in [0.05, 0.1) is 5.56 Å². The Bertz CT molecular complexity index is 323. The zero-order chi connectivity index (χ0) is 10.8. The molecule has 1 saturated heterocycles. The number of carbonyl (C=O) groups is 1. The second-order valence-corrected chi connectivity index (χ2v) is 5.13. The fraction of sp³-hybridized carbons (Fsp3) is 0.583. The van der Waals surface area contributed by atoms with Gasteiger partial charge >= 0.3 is 0 Å². The Morgan fingerprint density at radius 1 is 1.40 bits per heavy atom. The Morgan fingerprint density at radius 2 is 2.07 bits per heavy atom. The minimum Gasteiger partial charge on any atom is -0.333 e. The molecule has 1 aromatic heterocycles. The molecule has 0 N–H and O–H groups in total. The molecule has 1 amide bonds. The van der Waals surface area contributed by atoms with Gasteiger partial charge in [-0.2, -0.15) is 11.3 Å². The number of amides is 1. The van der Waals surface area contributed by atoms with Crippen LogP contribution in [0.15, 0.2) is 16.8 Å². The van der Waals surface area contributed by atoms with Crippen LogP contribution in [-0.4, -0.2) is 22.9 Å². The van der Waals surface area contributed by atoms with Crippen molar-refractivity contribution >= 4 is 17.2 Å². The van der Waals surface area contributed by atoms with E-state index in [-0.39, 0.29) is 5.91 Å². The highest BCUT2D eigenvalue weighted by Crippen LogP contribution is 2.25. The number of piperidine rings is 1. The molecule has 2 heterocycles. The van der Waals surface area contributed by atoms with Crippen LogP contribution in [-0.2, 0) is 0 Å². The maximum atomic E-state index is 12.2. The molecule has 0 bridgehead atoms. The van der Waals surface area contributed by atoms with Crippen molar-refractivity contribution in [3.63, 3.8) is 0 Å². The van der Waals surface area contributed by atoms with Gasteiger partial charge < -0.3 is 4.90 Å². The monoisotopic (exact) mass is 223 g/mol. The topological polar surface area (TPSA) is 20.3 Å². The maximum absolute atomic E-state index is 12.2. The summed E-state index contributed by atoms with van der Waals surface area (Å²) in [7, 11) is 0. The van der Waals surface area contributed by atoms with Gasteiger partial charge in [0.15, 0.2) is 0 Å². The lowest BCUT2D eigenvalue weighted by Crippen LogP contribution is -2.47. The molecular formula is C12H17NOS. The highest BCUT2D eigenvalue weighted by Gasteiger charge is 2.29. The summed E-state index contributed by atoms with van der Waals surface area (Å²) in [4.78, 5) is 14.3. The van der Waals surface area contributed by atoms with Crippen LogP contribution in [0.3, 0.4) is 0 Å². The van der Waals surface area contributed by atoms with Gasteiger partial charge in [-0.25, -0.2) is 0 Å². The lowest BCUT2D eigenvalue weighted by atomic mass is 9.97. The first-order chi connectivity index (χ1) is 7.20. The van der Waals surface area contributed by atoms with Crippen molar-refractivity contribution in [3.05, 3.63) is 22.4 Å². The second-order valence-electron chi connectivity index (χ2n) is 4.35. The fourth-order valence-electron chi connectivity index (χ4n) is 2.36. The Labute approximate surface area is 94.9 Å². The van der Waals surface area contributed by atoms with Crippen LogP contribution in [0.1, 0.15) is 43.5 Å². The molecule has 0 radical (unpaired) electrons. The minimum atomic E-state index is 0.205. The van der Waals surface area contributed by atoms with Crippen LogP contribution >= 0.6 is 11.3 Å². The quantitative estimate of drug-likeness (QED) is 0.716. The van der Waals surface area contributed by atoms with Crippen LogP contribution in [0.2, 0.25) is 0 Å². The standard InChI is InChI=1S/C12H17NOS/c1-9-4-3-5-10(2)13(9)12(14)11-6-7-15-8-11/h6-10H,3-5H2,1-2H3. The van der Waals surface area contributed by atoms with Gasteiger partial charge in [-0.15, -0.1) is 0 Å². The summed E-state index contributed by atoms with van der Waals surface area (Å²) in [5.74, 6) is 0.205. The Balaban J connectivity index is 2.17. The van der Waals surface area contributed by atoms with E-state index in [1.807, 2.05) is 21.7 Å². The summed E-state index contributed by atoms with van der Waals surface area (Å²) in [6.45, 7) is 4.31. The SMILES string of the molecule is CC1CCCC(C)N1C(=O)c1ccsc1. The van der Waals surface area contributed by atoms with Crippen molar-refractivity contribution in [2.75, 3.05) is 0 Å². The van der Waals surface area contributed by atoms with E-state index in [4.69, 9.17) is 0 Å². The van der Waals surface area contributed by atoms with Crippen molar-refractivity contribution < 1.29 is 4.79 Å². The van der Waals surface area contributed by atoms with E-state index in [0.29, 0.717) is 12.1 Å². The van der Waals surface area contributed by atoms with E-state index in [9.17, 15) is 4.79 Å². The largest absolute Gasteiger partial charge is 0.333 e. The molecule has 2 unspecified atom stereocenters. The molecule has 0 saturated carbocycles. The van der Waals surface area contributed by atoms with Gasteiger partial charge in [-0.1, -0.05) is 0 Å². The summed E-state index contributed by atoms with van der Waals surface area (Å²) >= 11 is 1.59. The van der Waals surface area contributed by atoms with Gasteiger partial charge in [0.2, 0.25) is 0 Å². The molecule has 3 heteroatoms. The first-order valence-corrected chi connectivity index (χ1v) is 6.49. The number of nitrogens with zero attached hydrogens (tertiary/aromatic N) is 1. The smallest absolute Gasteiger partial charge is 0.255 e. The molecule has 15 heavy (non-hydrogen) atoms. The van der Waals surface area contributed by atoms with Gasteiger partial charge in [0, 0.05) is 17.5 Å². The van der Waals surface area contributed by atoms with E-state index >= 15 is 0 Å². The summed E-state index contributed by atoms with van der Waals surface area (Å²) in [6, 6.07) is 2.70. The fourth-order valence-corrected chi connectivity index (χ4v) is 2.99. The van der Waals surface area contributed by atoms with Crippen LogP contribution < -0.4 is 0 Å². The average molecular weight is 223 g/mol. The minimum absolute atomic E-state index is 0.205. The van der Waals surface area contributed by atoms with Gasteiger partial charge in [0.25, 0.3) is 5.91 Å². The number of carbonyl (C=O) groups excluding carboxylic acids is 1. The van der Waals surface area contributed by atoms with Gasteiger partial charge in [0.1, 0.15) is 0 Å². The average Bonchev–Trinajstić information content (AvgIpc) is 2.69. The van der Waals surface area contributed by atoms with Crippen molar-refractivity contribution in [3.8, 4) is 0 Å². The summed E-state index contributed by atoms with van der Waals surface area (Å²) in [6.07, 6.45) is 3.52.